The summed E-state index contributed by atoms with van der Waals surface area (Å²) >= 11 is 2.19. The monoisotopic (exact) mass is 370 g/mol. The molecule has 0 heterocycles. The van der Waals surface area contributed by atoms with Crippen LogP contribution in [-0.4, -0.2) is 11.1 Å². The van der Waals surface area contributed by atoms with E-state index >= 15 is 0 Å². The van der Waals surface area contributed by atoms with Crippen LogP contribution in [0.25, 0.3) is 0 Å². The molecule has 2 aromatic carbocycles. The maximum atomic E-state index is 13.2. The number of hydrogen-bond acceptors (Lipinski definition) is 1. The van der Waals surface area contributed by atoms with Gasteiger partial charge in [-0.2, -0.15) is 0 Å². The highest BCUT2D eigenvalue weighted by Crippen LogP contribution is 2.22. The Morgan fingerprint density at radius 3 is 2.47 bits per heavy atom. The van der Waals surface area contributed by atoms with Gasteiger partial charge in [0.2, 0.25) is 0 Å². The molecule has 0 spiro atoms. The standard InChI is InChI=1S/C15H12FIO2/c16-12-3-1-2-11(9-12)14(15(18)19)8-10-4-6-13(17)7-5-10/h1-7,9,14H,8H2,(H,18,19). The lowest BCUT2D eigenvalue weighted by Crippen LogP contribution is -2.14. The summed E-state index contributed by atoms with van der Waals surface area (Å²) in [4.78, 5) is 11.4. The Morgan fingerprint density at radius 1 is 1.21 bits per heavy atom. The molecule has 1 unspecified atom stereocenters. The maximum Gasteiger partial charge on any atom is 0.311 e. The lowest BCUT2D eigenvalue weighted by molar-refractivity contribution is -0.138. The number of hydrogen-bond donors (Lipinski definition) is 1. The summed E-state index contributed by atoms with van der Waals surface area (Å²) in [5.74, 6) is -2.08. The van der Waals surface area contributed by atoms with E-state index in [-0.39, 0.29) is 0 Å². The van der Waals surface area contributed by atoms with Crippen molar-refractivity contribution in [3.8, 4) is 0 Å². The van der Waals surface area contributed by atoms with Gasteiger partial charge in [0, 0.05) is 3.57 Å². The van der Waals surface area contributed by atoms with Gasteiger partial charge >= 0.3 is 5.97 Å². The zero-order chi connectivity index (χ0) is 13.8. The predicted molar refractivity (Wildman–Crippen MR) is 79.6 cm³/mol. The van der Waals surface area contributed by atoms with Crippen molar-refractivity contribution < 1.29 is 14.3 Å². The van der Waals surface area contributed by atoms with Crippen LogP contribution in [0.4, 0.5) is 4.39 Å². The SMILES string of the molecule is O=C(O)C(Cc1ccc(I)cc1)c1cccc(F)c1. The van der Waals surface area contributed by atoms with Crippen LogP contribution in [0.5, 0.6) is 0 Å². The molecular weight excluding hydrogens is 358 g/mol. The molecule has 0 radical (unpaired) electrons. The highest BCUT2D eigenvalue weighted by Gasteiger charge is 2.20. The van der Waals surface area contributed by atoms with E-state index in [2.05, 4.69) is 22.6 Å². The van der Waals surface area contributed by atoms with Crippen molar-refractivity contribution in [3.63, 3.8) is 0 Å². The van der Waals surface area contributed by atoms with Gasteiger partial charge < -0.3 is 5.11 Å². The van der Waals surface area contributed by atoms with Gasteiger partial charge in [0.1, 0.15) is 5.82 Å². The number of benzene rings is 2. The van der Waals surface area contributed by atoms with Crippen LogP contribution in [-0.2, 0) is 11.2 Å². The van der Waals surface area contributed by atoms with Gasteiger partial charge in [-0.1, -0.05) is 24.3 Å². The third kappa shape index (κ3) is 3.76. The molecule has 19 heavy (non-hydrogen) atoms. The van der Waals surface area contributed by atoms with Gasteiger partial charge in [-0.15, -0.1) is 0 Å². The van der Waals surface area contributed by atoms with E-state index in [0.717, 1.165) is 9.13 Å². The molecule has 2 rings (SSSR count). The van der Waals surface area contributed by atoms with Gasteiger partial charge in [-0.05, 0) is 64.4 Å². The normalized spacial score (nSPS) is 12.1. The Balaban J connectivity index is 2.26. The van der Waals surface area contributed by atoms with Crippen LogP contribution in [0.1, 0.15) is 17.0 Å². The predicted octanol–water partition coefficient (Wildman–Crippen LogP) is 3.84. The highest BCUT2D eigenvalue weighted by atomic mass is 127. The van der Waals surface area contributed by atoms with E-state index in [1.165, 1.54) is 18.2 Å². The highest BCUT2D eigenvalue weighted by molar-refractivity contribution is 14.1. The molecule has 0 aliphatic heterocycles. The van der Waals surface area contributed by atoms with Gasteiger partial charge in [0.15, 0.2) is 0 Å². The number of rotatable bonds is 4. The number of carboxylic acids is 1. The topological polar surface area (TPSA) is 37.3 Å². The molecule has 1 atom stereocenters. The van der Waals surface area contributed by atoms with Crippen molar-refractivity contribution in [1.82, 2.24) is 0 Å². The third-order valence-corrected chi connectivity index (χ3v) is 3.62. The summed E-state index contributed by atoms with van der Waals surface area (Å²) < 4.78 is 14.3. The summed E-state index contributed by atoms with van der Waals surface area (Å²) in [6, 6.07) is 13.4. The molecule has 1 N–H and O–H groups in total. The van der Waals surface area contributed by atoms with Gasteiger partial charge in [-0.3, -0.25) is 4.79 Å². The Bertz CT molecular complexity index is 581. The van der Waals surface area contributed by atoms with E-state index in [9.17, 15) is 14.3 Å². The van der Waals surface area contributed by atoms with E-state index < -0.39 is 17.7 Å². The molecule has 4 heteroatoms. The summed E-state index contributed by atoms with van der Waals surface area (Å²) in [6.07, 6.45) is 0.357. The molecule has 2 aromatic rings. The molecule has 2 nitrogen and oxygen atoms in total. The van der Waals surface area contributed by atoms with Gasteiger partial charge in [0.05, 0.1) is 5.92 Å². The fourth-order valence-corrected chi connectivity index (χ4v) is 2.29. The van der Waals surface area contributed by atoms with E-state index in [4.69, 9.17) is 0 Å². The first-order valence-corrected chi connectivity index (χ1v) is 6.87. The smallest absolute Gasteiger partial charge is 0.311 e. The Labute approximate surface area is 124 Å². The minimum atomic E-state index is -0.941. The van der Waals surface area contributed by atoms with Crippen molar-refractivity contribution in [2.45, 2.75) is 12.3 Å². The molecule has 0 bridgehead atoms. The number of carboxylic acid groups (broad SMARTS) is 1. The Morgan fingerprint density at radius 2 is 1.89 bits per heavy atom. The van der Waals surface area contributed by atoms with Crippen molar-refractivity contribution in [2.75, 3.05) is 0 Å². The molecule has 0 saturated carbocycles. The molecule has 0 fully saturated rings. The summed E-state index contributed by atoms with van der Waals surface area (Å²) in [5, 5.41) is 9.31. The average molecular weight is 370 g/mol. The summed E-state index contributed by atoms with van der Waals surface area (Å²) in [7, 11) is 0. The van der Waals surface area contributed by atoms with Crippen molar-refractivity contribution >= 4 is 28.6 Å². The number of carbonyl (C=O) groups is 1. The fraction of sp³-hybridized carbons (Fsp3) is 0.133. The van der Waals surface area contributed by atoms with Crippen molar-refractivity contribution in [2.24, 2.45) is 0 Å². The lowest BCUT2D eigenvalue weighted by atomic mass is 9.92. The molecule has 98 valence electrons. The zero-order valence-corrected chi connectivity index (χ0v) is 12.2. The molecule has 0 aliphatic rings. The number of halogens is 2. The Hall–Kier alpha value is -1.43. The second kappa shape index (κ2) is 6.14. The van der Waals surface area contributed by atoms with E-state index in [1.807, 2.05) is 24.3 Å². The average Bonchev–Trinajstić information content (AvgIpc) is 2.37. The number of aliphatic carboxylic acids is 1. The minimum absolute atomic E-state index is 0.357. The van der Waals surface area contributed by atoms with Gasteiger partial charge in [-0.25, -0.2) is 4.39 Å². The zero-order valence-electron chi connectivity index (χ0n) is 10.0. The van der Waals surface area contributed by atoms with Crippen LogP contribution in [0, 0.1) is 9.39 Å². The second-order valence-electron chi connectivity index (χ2n) is 4.28. The summed E-state index contributed by atoms with van der Waals surface area (Å²) in [5.41, 5.74) is 1.42. The van der Waals surface area contributed by atoms with Crippen LogP contribution >= 0.6 is 22.6 Å². The lowest BCUT2D eigenvalue weighted by Gasteiger charge is -2.13. The first kappa shape index (κ1) is 14.0. The third-order valence-electron chi connectivity index (χ3n) is 2.90. The second-order valence-corrected chi connectivity index (χ2v) is 5.52. The first-order valence-electron chi connectivity index (χ1n) is 5.79. The van der Waals surface area contributed by atoms with Crippen LogP contribution in [0.15, 0.2) is 48.5 Å². The van der Waals surface area contributed by atoms with Crippen molar-refractivity contribution in [3.05, 3.63) is 69.0 Å². The largest absolute Gasteiger partial charge is 0.481 e. The van der Waals surface area contributed by atoms with E-state index in [0.29, 0.717) is 12.0 Å². The van der Waals surface area contributed by atoms with E-state index in [1.54, 1.807) is 6.07 Å². The molecule has 0 saturated heterocycles. The molecule has 0 amide bonds. The summed E-state index contributed by atoms with van der Waals surface area (Å²) in [6.45, 7) is 0. The van der Waals surface area contributed by atoms with Gasteiger partial charge in [0.25, 0.3) is 0 Å². The van der Waals surface area contributed by atoms with Crippen LogP contribution < -0.4 is 0 Å². The first-order chi connectivity index (χ1) is 9.06. The molecule has 0 aliphatic carbocycles. The Kier molecular flexibility index (Phi) is 4.52. The fourth-order valence-electron chi connectivity index (χ4n) is 1.93. The molecular formula is C15H12FIO2. The van der Waals surface area contributed by atoms with Crippen LogP contribution in [0.3, 0.4) is 0 Å². The maximum absolute atomic E-state index is 13.2. The van der Waals surface area contributed by atoms with Crippen LogP contribution in [0.2, 0.25) is 0 Å². The minimum Gasteiger partial charge on any atom is -0.481 e. The quantitative estimate of drug-likeness (QED) is 0.831. The van der Waals surface area contributed by atoms with Crippen molar-refractivity contribution in [1.29, 1.82) is 0 Å². The molecule has 0 aromatic heterocycles.